The molecule has 8 nitrogen and oxygen atoms in total. The minimum atomic E-state index is -1.07. The van der Waals surface area contributed by atoms with Crippen molar-refractivity contribution in [3.63, 3.8) is 0 Å². The maximum Gasteiger partial charge on any atom is 0.342 e. The maximum absolute atomic E-state index is 11.6. The summed E-state index contributed by atoms with van der Waals surface area (Å²) < 4.78 is 5.69. The second kappa shape index (κ2) is 9.75. The van der Waals surface area contributed by atoms with Crippen LogP contribution in [0.25, 0.3) is 6.08 Å². The molecule has 2 aromatic carbocycles. The number of ether oxygens (including phenoxy) is 1. The van der Waals surface area contributed by atoms with Crippen LogP contribution < -0.4 is 4.74 Å². The Balaban J connectivity index is 1.66. The zero-order valence-corrected chi connectivity index (χ0v) is 16.8. The van der Waals surface area contributed by atoms with Crippen LogP contribution in [0.1, 0.15) is 34.2 Å². The van der Waals surface area contributed by atoms with Crippen molar-refractivity contribution in [3.8, 4) is 5.75 Å². The largest absolute Gasteiger partial charge is 0.489 e. The van der Waals surface area contributed by atoms with Gasteiger partial charge in [-0.1, -0.05) is 31.2 Å². The Morgan fingerprint density at radius 2 is 1.93 bits per heavy atom. The van der Waals surface area contributed by atoms with E-state index in [4.69, 9.17) is 9.84 Å². The van der Waals surface area contributed by atoms with Gasteiger partial charge in [0.2, 0.25) is 5.16 Å². The first-order chi connectivity index (χ1) is 14.4. The highest BCUT2D eigenvalue weighted by molar-refractivity contribution is 8.04. The lowest BCUT2D eigenvalue weighted by atomic mass is 10.1. The molecule has 154 valence electrons. The fraction of sp³-hybridized carbons (Fsp3) is 0.143. The van der Waals surface area contributed by atoms with E-state index < -0.39 is 11.9 Å². The van der Waals surface area contributed by atoms with Gasteiger partial charge >= 0.3 is 11.9 Å². The maximum atomic E-state index is 11.6. The number of aromatic nitrogens is 3. The molecule has 3 N–H and O–H groups in total. The first-order valence-corrected chi connectivity index (χ1v) is 9.85. The third-order valence-corrected chi connectivity index (χ3v) is 4.89. The number of thioether (sulfide) groups is 1. The van der Waals surface area contributed by atoms with Crippen LogP contribution in [-0.4, -0.2) is 37.3 Å². The van der Waals surface area contributed by atoms with Gasteiger partial charge < -0.3 is 14.9 Å². The number of nitrogens with one attached hydrogen (secondary N) is 1. The highest BCUT2D eigenvalue weighted by Crippen LogP contribution is 2.26. The summed E-state index contributed by atoms with van der Waals surface area (Å²) in [5.74, 6) is -0.783. The van der Waals surface area contributed by atoms with Crippen molar-refractivity contribution >= 4 is 29.8 Å². The molecule has 0 aliphatic heterocycles. The molecule has 0 bridgehead atoms. The van der Waals surface area contributed by atoms with Gasteiger partial charge in [-0.05, 0) is 53.2 Å². The number of hydrogen-bond acceptors (Lipinski definition) is 6. The molecule has 0 saturated carbocycles. The van der Waals surface area contributed by atoms with E-state index in [9.17, 15) is 14.7 Å². The summed E-state index contributed by atoms with van der Waals surface area (Å²) in [4.78, 5) is 26.9. The quantitative estimate of drug-likeness (QED) is 0.349. The first-order valence-electron chi connectivity index (χ1n) is 9.04. The number of carboxylic acid groups (broad SMARTS) is 2. The average molecular weight is 425 g/mol. The summed E-state index contributed by atoms with van der Waals surface area (Å²) in [6.07, 6.45) is 2.22. The molecular formula is C21H19N3O5S. The van der Waals surface area contributed by atoms with Crippen LogP contribution in [0.5, 0.6) is 5.75 Å². The molecule has 0 fully saturated rings. The predicted octanol–water partition coefficient (Wildman–Crippen LogP) is 3.86. The van der Waals surface area contributed by atoms with Crippen molar-refractivity contribution in [2.45, 2.75) is 25.1 Å². The summed E-state index contributed by atoms with van der Waals surface area (Å²) in [6.45, 7) is 2.15. The van der Waals surface area contributed by atoms with Gasteiger partial charge in [-0.15, -0.1) is 5.10 Å². The van der Waals surface area contributed by atoms with Crippen LogP contribution in [-0.2, 0) is 17.8 Å². The Morgan fingerprint density at radius 3 is 2.57 bits per heavy atom. The lowest BCUT2D eigenvalue weighted by molar-refractivity contribution is -0.131. The molecule has 0 atom stereocenters. The van der Waals surface area contributed by atoms with Gasteiger partial charge in [0, 0.05) is 6.42 Å². The molecule has 1 heterocycles. The molecule has 9 heteroatoms. The number of rotatable bonds is 9. The third-order valence-electron chi connectivity index (χ3n) is 4.02. The average Bonchev–Trinajstić information content (AvgIpc) is 3.20. The zero-order valence-electron chi connectivity index (χ0n) is 16.0. The normalized spacial score (nSPS) is 11.3. The number of H-pyrrole nitrogens is 1. The number of hydrogen-bond donors (Lipinski definition) is 3. The Hall–Kier alpha value is -3.59. The molecule has 0 unspecified atom stereocenters. The molecular weight excluding hydrogens is 406 g/mol. The Kier molecular flexibility index (Phi) is 6.87. The summed E-state index contributed by atoms with van der Waals surface area (Å²) in [7, 11) is 0. The van der Waals surface area contributed by atoms with Crippen molar-refractivity contribution in [1.82, 2.24) is 15.2 Å². The van der Waals surface area contributed by atoms with E-state index in [1.807, 2.05) is 6.92 Å². The van der Waals surface area contributed by atoms with E-state index in [1.54, 1.807) is 42.5 Å². The molecule has 0 radical (unpaired) electrons. The zero-order chi connectivity index (χ0) is 21.5. The number of aryl methyl sites for hydroxylation is 1. The number of benzene rings is 2. The fourth-order valence-corrected chi connectivity index (χ4v) is 3.21. The topological polar surface area (TPSA) is 125 Å². The van der Waals surface area contributed by atoms with Crippen molar-refractivity contribution in [3.05, 3.63) is 76.0 Å². The highest BCUT2D eigenvalue weighted by Gasteiger charge is 2.13. The third kappa shape index (κ3) is 5.71. The van der Waals surface area contributed by atoms with Crippen molar-refractivity contribution in [1.29, 1.82) is 0 Å². The molecule has 0 spiro atoms. The molecule has 3 rings (SSSR count). The summed E-state index contributed by atoms with van der Waals surface area (Å²) in [5.41, 5.74) is 1.63. The van der Waals surface area contributed by atoms with Gasteiger partial charge in [-0.3, -0.25) is 5.10 Å². The Labute approximate surface area is 176 Å². The molecule has 0 aliphatic rings. The predicted molar refractivity (Wildman–Crippen MR) is 111 cm³/mol. The molecule has 0 amide bonds. The van der Waals surface area contributed by atoms with Crippen LogP contribution in [0.15, 0.2) is 58.6 Å². The van der Waals surface area contributed by atoms with Gasteiger partial charge in [0.25, 0.3) is 0 Å². The SMILES string of the molecule is CCc1nc(S/C(=C\c2ccc(OCc3cccc(C(=O)O)c3)cc2)C(=O)O)n[nH]1. The molecule has 1 aromatic heterocycles. The number of nitrogens with zero attached hydrogens (tertiary/aromatic N) is 2. The lowest BCUT2D eigenvalue weighted by Gasteiger charge is -2.07. The second-order valence-corrected chi connectivity index (χ2v) is 7.21. The van der Waals surface area contributed by atoms with E-state index in [2.05, 4.69) is 15.2 Å². The van der Waals surface area contributed by atoms with Crippen LogP contribution in [0.4, 0.5) is 0 Å². The summed E-state index contributed by atoms with van der Waals surface area (Å²) >= 11 is 0.972. The van der Waals surface area contributed by atoms with Crippen LogP contribution >= 0.6 is 11.8 Å². The highest BCUT2D eigenvalue weighted by atomic mass is 32.2. The minimum absolute atomic E-state index is 0.0933. The van der Waals surface area contributed by atoms with Gasteiger partial charge in [-0.2, -0.15) is 0 Å². The fourth-order valence-electron chi connectivity index (χ4n) is 2.49. The monoisotopic (exact) mass is 425 g/mol. The number of aromatic carboxylic acids is 1. The summed E-state index contributed by atoms with van der Waals surface area (Å²) in [5, 5.41) is 25.6. The van der Waals surface area contributed by atoms with E-state index in [0.29, 0.717) is 28.7 Å². The first kappa shape index (κ1) is 21.1. The standard InChI is InChI=1S/C21H19N3O5S/c1-2-18-22-21(24-23-18)30-17(20(27)28)11-13-6-8-16(9-7-13)29-12-14-4-3-5-15(10-14)19(25)26/h3-11H,2,12H2,1H3,(H,25,26)(H,27,28)(H,22,23,24)/b17-11-. The molecule has 3 aromatic rings. The molecule has 0 saturated heterocycles. The van der Waals surface area contributed by atoms with Crippen LogP contribution in [0.3, 0.4) is 0 Å². The molecule has 30 heavy (non-hydrogen) atoms. The number of aromatic amines is 1. The molecule has 0 aliphatic carbocycles. The van der Waals surface area contributed by atoms with Crippen molar-refractivity contribution in [2.24, 2.45) is 0 Å². The van der Waals surface area contributed by atoms with E-state index >= 15 is 0 Å². The van der Waals surface area contributed by atoms with Crippen molar-refractivity contribution < 1.29 is 24.5 Å². The van der Waals surface area contributed by atoms with E-state index in [-0.39, 0.29) is 17.1 Å². The van der Waals surface area contributed by atoms with E-state index in [1.165, 1.54) is 12.1 Å². The van der Waals surface area contributed by atoms with Gasteiger partial charge in [-0.25, -0.2) is 14.6 Å². The summed E-state index contributed by atoms with van der Waals surface area (Å²) in [6, 6.07) is 13.4. The van der Waals surface area contributed by atoms with Crippen molar-refractivity contribution in [2.75, 3.05) is 0 Å². The number of carboxylic acids is 2. The number of aliphatic carboxylic acids is 1. The van der Waals surface area contributed by atoms with Gasteiger partial charge in [0.15, 0.2) is 0 Å². The van der Waals surface area contributed by atoms with Crippen LogP contribution in [0, 0.1) is 0 Å². The van der Waals surface area contributed by atoms with E-state index in [0.717, 1.165) is 17.3 Å². The second-order valence-electron chi connectivity index (χ2n) is 6.20. The van der Waals surface area contributed by atoms with Crippen LogP contribution in [0.2, 0.25) is 0 Å². The van der Waals surface area contributed by atoms with Gasteiger partial charge in [0.05, 0.1) is 5.56 Å². The number of carbonyl (C=O) groups is 2. The van der Waals surface area contributed by atoms with Gasteiger partial charge in [0.1, 0.15) is 23.1 Å². The lowest BCUT2D eigenvalue weighted by Crippen LogP contribution is -2.00. The Bertz CT molecular complexity index is 1080. The smallest absolute Gasteiger partial charge is 0.342 e. The minimum Gasteiger partial charge on any atom is -0.489 e. The Morgan fingerprint density at radius 1 is 1.17 bits per heavy atom.